The first kappa shape index (κ1) is 44.1. The highest BCUT2D eigenvalue weighted by Gasteiger charge is 2.23. The molecule has 18 heteroatoms. The minimum atomic E-state index is -0.342. The summed E-state index contributed by atoms with van der Waals surface area (Å²) in [5.41, 5.74) is 6.81. The van der Waals surface area contributed by atoms with Crippen LogP contribution < -0.4 is 20.1 Å². The lowest BCUT2D eigenvalue weighted by Crippen LogP contribution is -2.36. The molecule has 0 atom stereocenters. The number of ether oxygens (including phenoxy) is 2. The molecule has 2 aliphatic rings. The summed E-state index contributed by atoms with van der Waals surface area (Å²) in [6.45, 7) is 6.90. The predicted octanol–water partition coefficient (Wildman–Crippen LogP) is 10.6. The molecule has 0 amide bonds. The van der Waals surface area contributed by atoms with Crippen molar-refractivity contribution in [1.82, 2.24) is 44.4 Å². The van der Waals surface area contributed by atoms with Gasteiger partial charge in [-0.1, -0.05) is 19.3 Å². The van der Waals surface area contributed by atoms with Gasteiger partial charge in [0.25, 0.3) is 0 Å². The fourth-order valence-electron chi connectivity index (χ4n) is 8.87. The number of aryl methyl sites for hydroxylation is 2. The minimum absolute atomic E-state index is 0.199. The topological polar surface area (TPSA) is 153 Å². The van der Waals surface area contributed by atoms with E-state index in [2.05, 4.69) is 40.4 Å². The zero-order chi connectivity index (χ0) is 45.0. The zero-order valence-electron chi connectivity index (χ0n) is 36.7. The molecule has 2 aromatic carbocycles. The second-order valence-electron chi connectivity index (χ2n) is 16.3. The second kappa shape index (κ2) is 19.6. The van der Waals surface area contributed by atoms with Crippen LogP contribution in [0, 0.1) is 25.5 Å². The maximum Gasteiger partial charge on any atom is 0.227 e. The smallest absolute Gasteiger partial charge is 0.227 e. The van der Waals surface area contributed by atoms with E-state index in [-0.39, 0.29) is 18.2 Å². The number of methoxy groups -OCH3 is 2. The number of fused-ring (bicyclic) bond motifs is 2. The van der Waals surface area contributed by atoms with Crippen molar-refractivity contribution in [3.8, 4) is 33.8 Å². The van der Waals surface area contributed by atoms with Crippen LogP contribution in [0.5, 0.6) is 11.5 Å². The number of nitrogens with zero attached hydrogens (tertiary/aromatic N) is 9. The van der Waals surface area contributed by atoms with Gasteiger partial charge in [0, 0.05) is 76.2 Å². The Labute approximate surface area is 383 Å². The molecule has 1 aliphatic carbocycles. The molecular formula is C47H51F2N11O3S2. The standard InChI is InChI=1S/C24H27FN6O2S.C23H24FN5OS/c1-15-22(19-4-3-16(25)11-20(19)33-2)23-21(34-15)13-26-24(29-23)28-17-12-27-31(14-17)18-5-7-30(8-6-18)9-10-32;1-14-21(18-9-8-15(24)10-19(18)30-2)22-20(31-14)12-25-23(28-22)27-16-11-26-29(13-16)17-6-4-3-5-7-17/h3-4,11-14,18,32H,5-10H2,1-2H3,(H,26,28,29);8-13,17H,3-7H2,1-2H3,(H,25,27,28). The van der Waals surface area contributed by atoms with Gasteiger partial charge in [0.2, 0.25) is 11.9 Å². The normalized spacial score (nSPS) is 15.0. The molecule has 7 heterocycles. The SMILES string of the molecule is COc1cc(F)ccc1-c1c(C)sc2cnc(Nc3cnn(C4CCCCC4)c3)nc12.COc1cc(F)ccc1-c1c(C)sc2cnc(Nc3cnn(C4CCN(CCO)CC4)c3)nc12. The van der Waals surface area contributed by atoms with Crippen molar-refractivity contribution in [2.24, 2.45) is 0 Å². The fourth-order valence-corrected chi connectivity index (χ4v) is 10.8. The van der Waals surface area contributed by atoms with Crippen LogP contribution in [0.1, 0.15) is 66.8 Å². The van der Waals surface area contributed by atoms with Gasteiger partial charge in [0.15, 0.2) is 0 Å². The molecule has 1 aliphatic heterocycles. The van der Waals surface area contributed by atoms with Crippen molar-refractivity contribution in [3.05, 3.63) is 95.0 Å². The molecule has 0 radical (unpaired) electrons. The summed E-state index contributed by atoms with van der Waals surface area (Å²) in [5.74, 6) is 1.28. The molecular weight excluding hydrogens is 869 g/mol. The highest BCUT2D eigenvalue weighted by molar-refractivity contribution is 7.20. The van der Waals surface area contributed by atoms with Crippen LogP contribution in [0.4, 0.5) is 32.1 Å². The number of piperidine rings is 1. The molecule has 10 rings (SSSR count). The van der Waals surface area contributed by atoms with Crippen LogP contribution >= 0.6 is 22.7 Å². The van der Waals surface area contributed by atoms with Crippen molar-refractivity contribution in [1.29, 1.82) is 0 Å². The summed E-state index contributed by atoms with van der Waals surface area (Å²) in [6, 6.07) is 9.96. The molecule has 2 fully saturated rings. The van der Waals surface area contributed by atoms with E-state index in [1.807, 2.05) is 49.5 Å². The number of nitrogens with one attached hydrogen (secondary N) is 2. The number of likely N-dealkylation sites (tertiary alicyclic amines) is 1. The van der Waals surface area contributed by atoms with E-state index in [0.29, 0.717) is 35.5 Å². The van der Waals surface area contributed by atoms with Gasteiger partial charge in [-0.3, -0.25) is 9.36 Å². The fraction of sp³-hybridized carbons (Fsp3) is 0.362. The third kappa shape index (κ3) is 9.66. The Hall–Kier alpha value is -6.08. The molecule has 65 heavy (non-hydrogen) atoms. The Morgan fingerprint density at radius 2 is 1.15 bits per heavy atom. The Balaban J connectivity index is 0.000000165. The van der Waals surface area contributed by atoms with Crippen molar-refractivity contribution in [2.45, 2.75) is 70.9 Å². The summed E-state index contributed by atoms with van der Waals surface area (Å²) in [4.78, 5) is 23.0. The third-order valence-corrected chi connectivity index (χ3v) is 14.1. The summed E-state index contributed by atoms with van der Waals surface area (Å²) in [7, 11) is 3.09. The van der Waals surface area contributed by atoms with Crippen molar-refractivity contribution in [3.63, 3.8) is 0 Å². The van der Waals surface area contributed by atoms with E-state index < -0.39 is 0 Å². The average molecular weight is 920 g/mol. The molecule has 338 valence electrons. The van der Waals surface area contributed by atoms with Crippen LogP contribution in [0.15, 0.2) is 73.6 Å². The Bertz CT molecular complexity index is 2920. The van der Waals surface area contributed by atoms with Crippen LogP contribution in [0.25, 0.3) is 42.7 Å². The molecule has 8 aromatic rings. The lowest BCUT2D eigenvalue weighted by Gasteiger charge is -2.31. The van der Waals surface area contributed by atoms with Crippen LogP contribution in [0.3, 0.4) is 0 Å². The first-order valence-corrected chi connectivity index (χ1v) is 23.5. The van der Waals surface area contributed by atoms with Crippen molar-refractivity contribution < 1.29 is 23.4 Å². The molecule has 0 unspecified atom stereocenters. The number of rotatable bonds is 12. The number of aliphatic hydroxyl groups excluding tert-OH is 1. The van der Waals surface area contributed by atoms with Crippen molar-refractivity contribution in [2.75, 3.05) is 51.1 Å². The monoisotopic (exact) mass is 919 g/mol. The van der Waals surface area contributed by atoms with Gasteiger partial charge < -0.3 is 30.1 Å². The second-order valence-corrected chi connectivity index (χ2v) is 18.8. The van der Waals surface area contributed by atoms with Gasteiger partial charge in [-0.2, -0.15) is 10.2 Å². The minimum Gasteiger partial charge on any atom is -0.496 e. The first-order chi connectivity index (χ1) is 31.7. The third-order valence-electron chi connectivity index (χ3n) is 12.1. The molecule has 14 nitrogen and oxygen atoms in total. The van der Waals surface area contributed by atoms with E-state index in [0.717, 1.165) is 96.3 Å². The lowest BCUT2D eigenvalue weighted by molar-refractivity contribution is 0.146. The van der Waals surface area contributed by atoms with E-state index in [1.165, 1.54) is 63.5 Å². The molecule has 6 aromatic heterocycles. The number of thiophene rings is 2. The summed E-state index contributed by atoms with van der Waals surface area (Å²) in [5, 5.41) is 24.8. The number of aliphatic hydroxyl groups is 1. The number of halogens is 2. The molecule has 0 spiro atoms. The predicted molar refractivity (Wildman–Crippen MR) is 253 cm³/mol. The first-order valence-electron chi connectivity index (χ1n) is 21.8. The highest BCUT2D eigenvalue weighted by atomic mass is 32.1. The van der Waals surface area contributed by atoms with Gasteiger partial charge in [0.05, 0.1) is 89.5 Å². The molecule has 1 saturated heterocycles. The van der Waals surface area contributed by atoms with Crippen molar-refractivity contribution >= 4 is 66.4 Å². The highest BCUT2D eigenvalue weighted by Crippen LogP contribution is 2.43. The van der Waals surface area contributed by atoms with E-state index in [9.17, 15) is 8.78 Å². The number of benzene rings is 2. The average Bonchev–Trinajstić information content (AvgIpc) is 4.13. The number of hydrogen-bond donors (Lipinski definition) is 3. The van der Waals surface area contributed by atoms with Crippen LogP contribution in [-0.4, -0.2) is 90.0 Å². The molecule has 0 bridgehead atoms. The maximum atomic E-state index is 13.8. The Morgan fingerprint density at radius 1 is 0.677 bits per heavy atom. The van der Waals surface area contributed by atoms with E-state index in [1.54, 1.807) is 48.1 Å². The Morgan fingerprint density at radius 3 is 1.62 bits per heavy atom. The van der Waals surface area contributed by atoms with Gasteiger partial charge in [-0.25, -0.2) is 28.7 Å². The number of hydrogen-bond acceptors (Lipinski definition) is 14. The maximum absolute atomic E-state index is 13.8. The molecule has 1 saturated carbocycles. The number of anilines is 4. The largest absolute Gasteiger partial charge is 0.496 e. The van der Waals surface area contributed by atoms with Crippen LogP contribution in [0.2, 0.25) is 0 Å². The van der Waals surface area contributed by atoms with Gasteiger partial charge >= 0.3 is 0 Å². The Kier molecular flexibility index (Phi) is 13.3. The number of β-amino-alcohol motifs (C(OH)–C–C–N with tert-alkyl or cyclic N) is 1. The number of aromatic nitrogens is 8. The van der Waals surface area contributed by atoms with Crippen LogP contribution in [-0.2, 0) is 0 Å². The van der Waals surface area contributed by atoms with Gasteiger partial charge in [-0.15, -0.1) is 22.7 Å². The zero-order valence-corrected chi connectivity index (χ0v) is 38.4. The molecule has 3 N–H and O–H groups in total. The summed E-state index contributed by atoms with van der Waals surface area (Å²) >= 11 is 3.22. The van der Waals surface area contributed by atoms with E-state index in [4.69, 9.17) is 24.5 Å². The quantitative estimate of drug-likeness (QED) is 0.107. The van der Waals surface area contributed by atoms with Gasteiger partial charge in [0.1, 0.15) is 23.1 Å². The van der Waals surface area contributed by atoms with E-state index >= 15 is 0 Å². The summed E-state index contributed by atoms with van der Waals surface area (Å²) < 4.78 is 44.3. The van der Waals surface area contributed by atoms with Gasteiger partial charge in [-0.05, 0) is 63.8 Å². The summed E-state index contributed by atoms with van der Waals surface area (Å²) in [6.07, 6.45) is 19.5. The lowest BCUT2D eigenvalue weighted by atomic mass is 9.96.